The van der Waals surface area contributed by atoms with Gasteiger partial charge in [-0.1, -0.05) is 33.3 Å². The quantitative estimate of drug-likeness (QED) is 0.382. The summed E-state index contributed by atoms with van der Waals surface area (Å²) < 4.78 is 16.3. The molecule has 1 heterocycles. The summed E-state index contributed by atoms with van der Waals surface area (Å²) in [6, 6.07) is 0. The van der Waals surface area contributed by atoms with Gasteiger partial charge in [0, 0.05) is 31.3 Å². The van der Waals surface area contributed by atoms with E-state index in [1.165, 1.54) is 12.5 Å². The number of hydrogen-bond donors (Lipinski definition) is 1. The predicted octanol–water partition coefficient (Wildman–Crippen LogP) is 2.28. The molecular formula is C21H36N2O5. The van der Waals surface area contributed by atoms with E-state index in [9.17, 15) is 9.59 Å². The molecule has 0 unspecified atom stereocenters. The fourth-order valence-corrected chi connectivity index (χ4v) is 2.63. The second-order valence-electron chi connectivity index (χ2n) is 7.14. The smallest absolute Gasteiger partial charge is 0.251 e. The molecule has 0 aromatic rings. The molecule has 0 saturated carbocycles. The van der Waals surface area contributed by atoms with Crippen LogP contribution in [0.3, 0.4) is 0 Å². The SMILES string of the molecule is C=C1C=CC(=O)N1CCOCCOCCOCCNC(=O)CCCCC(C)C. The van der Waals surface area contributed by atoms with Crippen molar-refractivity contribution in [2.24, 2.45) is 5.92 Å². The van der Waals surface area contributed by atoms with Crippen molar-refractivity contribution in [1.29, 1.82) is 0 Å². The highest BCUT2D eigenvalue weighted by Gasteiger charge is 2.17. The molecule has 28 heavy (non-hydrogen) atoms. The molecule has 7 heteroatoms. The Morgan fingerprint density at radius 2 is 1.68 bits per heavy atom. The van der Waals surface area contributed by atoms with Gasteiger partial charge in [-0.05, 0) is 18.4 Å². The normalized spacial score (nSPS) is 13.8. The fourth-order valence-electron chi connectivity index (χ4n) is 2.63. The maximum Gasteiger partial charge on any atom is 0.251 e. The Labute approximate surface area is 169 Å². The first-order valence-corrected chi connectivity index (χ1v) is 10.2. The molecule has 0 aliphatic carbocycles. The summed E-state index contributed by atoms with van der Waals surface area (Å²) in [6.45, 7) is 12.1. The lowest BCUT2D eigenvalue weighted by Crippen LogP contribution is -2.28. The highest BCUT2D eigenvalue weighted by atomic mass is 16.5. The van der Waals surface area contributed by atoms with Gasteiger partial charge in [0.05, 0.1) is 39.6 Å². The minimum atomic E-state index is -0.0516. The molecule has 0 aromatic carbocycles. The standard InChI is InChI=1S/C21H36N2O5/c1-18(2)6-4-5-7-20(24)22-10-12-26-14-16-28-17-15-27-13-11-23-19(3)8-9-21(23)25/h8-9,18H,3-7,10-17H2,1-2H3,(H,22,24). The van der Waals surface area contributed by atoms with Gasteiger partial charge in [0.2, 0.25) is 5.91 Å². The minimum absolute atomic E-state index is 0.0516. The van der Waals surface area contributed by atoms with Crippen molar-refractivity contribution in [3.63, 3.8) is 0 Å². The molecule has 0 fully saturated rings. The molecule has 0 aromatic heterocycles. The van der Waals surface area contributed by atoms with E-state index in [1.54, 1.807) is 11.0 Å². The molecule has 1 N–H and O–H groups in total. The van der Waals surface area contributed by atoms with Gasteiger partial charge in [-0.3, -0.25) is 9.59 Å². The van der Waals surface area contributed by atoms with E-state index in [-0.39, 0.29) is 11.8 Å². The number of nitrogens with one attached hydrogen (secondary N) is 1. The summed E-state index contributed by atoms with van der Waals surface area (Å²) in [5.41, 5.74) is 0.698. The zero-order valence-electron chi connectivity index (χ0n) is 17.4. The summed E-state index contributed by atoms with van der Waals surface area (Å²) in [5, 5.41) is 2.86. The van der Waals surface area contributed by atoms with Crippen LogP contribution in [0, 0.1) is 5.92 Å². The molecule has 0 atom stereocenters. The van der Waals surface area contributed by atoms with Gasteiger partial charge in [-0.25, -0.2) is 0 Å². The average Bonchev–Trinajstić information content (AvgIpc) is 2.97. The van der Waals surface area contributed by atoms with Crippen LogP contribution < -0.4 is 5.32 Å². The first kappa shape index (κ1) is 24.3. The lowest BCUT2D eigenvalue weighted by molar-refractivity contribution is -0.124. The first-order chi connectivity index (χ1) is 13.5. The molecule has 2 amide bonds. The number of allylic oxidation sites excluding steroid dienone is 1. The van der Waals surface area contributed by atoms with Gasteiger partial charge in [0.1, 0.15) is 0 Å². The maximum absolute atomic E-state index is 11.6. The van der Waals surface area contributed by atoms with Gasteiger partial charge >= 0.3 is 0 Å². The fraction of sp³-hybridized carbons (Fsp3) is 0.714. The van der Waals surface area contributed by atoms with Crippen LogP contribution in [0.1, 0.15) is 39.5 Å². The molecule has 0 spiro atoms. The Kier molecular flexibility index (Phi) is 13.3. The number of carbonyl (C=O) groups is 2. The number of rotatable bonds is 17. The van der Waals surface area contributed by atoms with E-state index >= 15 is 0 Å². The van der Waals surface area contributed by atoms with Crippen LogP contribution in [0.4, 0.5) is 0 Å². The molecule has 0 radical (unpaired) electrons. The van der Waals surface area contributed by atoms with Gasteiger partial charge in [0.25, 0.3) is 5.91 Å². The van der Waals surface area contributed by atoms with Crippen molar-refractivity contribution >= 4 is 11.8 Å². The number of carbonyl (C=O) groups excluding carboxylic acids is 2. The Morgan fingerprint density at radius 3 is 2.29 bits per heavy atom. The topological polar surface area (TPSA) is 77.1 Å². The lowest BCUT2D eigenvalue weighted by atomic mass is 10.1. The molecular weight excluding hydrogens is 360 g/mol. The summed E-state index contributed by atoms with van der Waals surface area (Å²) in [5.74, 6) is 0.740. The molecule has 0 saturated heterocycles. The van der Waals surface area contributed by atoms with E-state index in [4.69, 9.17) is 14.2 Å². The first-order valence-electron chi connectivity index (χ1n) is 10.2. The second kappa shape index (κ2) is 15.2. The Bertz CT molecular complexity index is 487. The van der Waals surface area contributed by atoms with E-state index in [2.05, 4.69) is 25.7 Å². The monoisotopic (exact) mass is 396 g/mol. The summed E-state index contributed by atoms with van der Waals surface area (Å²) in [7, 11) is 0. The van der Waals surface area contributed by atoms with Crippen LogP contribution in [0.15, 0.2) is 24.4 Å². The van der Waals surface area contributed by atoms with Gasteiger partial charge < -0.3 is 24.4 Å². The second-order valence-corrected chi connectivity index (χ2v) is 7.14. The van der Waals surface area contributed by atoms with Crippen LogP contribution >= 0.6 is 0 Å². The molecule has 1 aliphatic rings. The summed E-state index contributed by atoms with van der Waals surface area (Å²) in [6.07, 6.45) is 7.02. The zero-order chi connectivity index (χ0) is 20.6. The Morgan fingerprint density at radius 1 is 1.04 bits per heavy atom. The zero-order valence-corrected chi connectivity index (χ0v) is 17.4. The summed E-state index contributed by atoms with van der Waals surface area (Å²) in [4.78, 5) is 24.7. The van der Waals surface area contributed by atoms with Crippen molar-refractivity contribution in [3.8, 4) is 0 Å². The largest absolute Gasteiger partial charge is 0.377 e. The highest BCUT2D eigenvalue weighted by Crippen LogP contribution is 2.11. The van der Waals surface area contributed by atoms with Crippen molar-refractivity contribution < 1.29 is 23.8 Å². The maximum atomic E-state index is 11.6. The summed E-state index contributed by atoms with van der Waals surface area (Å²) >= 11 is 0. The van der Waals surface area contributed by atoms with E-state index < -0.39 is 0 Å². The molecule has 0 bridgehead atoms. The Hall–Kier alpha value is -1.70. The van der Waals surface area contributed by atoms with E-state index in [0.29, 0.717) is 70.8 Å². The molecule has 160 valence electrons. The number of ether oxygens (including phenoxy) is 3. The molecule has 1 aliphatic heterocycles. The number of hydrogen-bond acceptors (Lipinski definition) is 5. The number of amides is 2. The predicted molar refractivity (Wildman–Crippen MR) is 109 cm³/mol. The van der Waals surface area contributed by atoms with Crippen LogP contribution in [-0.4, -0.2) is 69.4 Å². The number of unbranched alkanes of at least 4 members (excludes halogenated alkanes) is 1. The third-order valence-electron chi connectivity index (χ3n) is 4.24. The van der Waals surface area contributed by atoms with E-state index in [0.717, 1.165) is 12.8 Å². The van der Waals surface area contributed by atoms with Crippen molar-refractivity contribution in [2.75, 3.05) is 52.7 Å². The average molecular weight is 397 g/mol. The lowest BCUT2D eigenvalue weighted by Gasteiger charge is -2.16. The van der Waals surface area contributed by atoms with Crippen LogP contribution in [-0.2, 0) is 23.8 Å². The molecule has 7 nitrogen and oxygen atoms in total. The van der Waals surface area contributed by atoms with Gasteiger partial charge in [-0.2, -0.15) is 0 Å². The van der Waals surface area contributed by atoms with Gasteiger partial charge in [-0.15, -0.1) is 0 Å². The third-order valence-corrected chi connectivity index (χ3v) is 4.24. The van der Waals surface area contributed by atoms with Crippen LogP contribution in [0.25, 0.3) is 0 Å². The highest BCUT2D eigenvalue weighted by molar-refractivity contribution is 5.92. The Balaban J connectivity index is 1.79. The van der Waals surface area contributed by atoms with E-state index in [1.807, 2.05) is 0 Å². The van der Waals surface area contributed by atoms with Crippen LogP contribution in [0.2, 0.25) is 0 Å². The van der Waals surface area contributed by atoms with Crippen molar-refractivity contribution in [1.82, 2.24) is 10.2 Å². The van der Waals surface area contributed by atoms with Crippen molar-refractivity contribution in [2.45, 2.75) is 39.5 Å². The van der Waals surface area contributed by atoms with Crippen LogP contribution in [0.5, 0.6) is 0 Å². The number of nitrogens with zero attached hydrogens (tertiary/aromatic N) is 1. The molecule has 1 rings (SSSR count). The van der Waals surface area contributed by atoms with Gasteiger partial charge in [0.15, 0.2) is 0 Å². The minimum Gasteiger partial charge on any atom is -0.377 e. The van der Waals surface area contributed by atoms with Crippen molar-refractivity contribution in [3.05, 3.63) is 24.4 Å². The third kappa shape index (κ3) is 11.9.